The molecule has 2 fully saturated rings. The quantitative estimate of drug-likeness (QED) is 0.624. The van der Waals surface area contributed by atoms with Crippen molar-refractivity contribution >= 4 is 11.7 Å². The van der Waals surface area contributed by atoms with Gasteiger partial charge < -0.3 is 4.90 Å². The molecule has 1 heterocycles. The Labute approximate surface area is 90.2 Å². The van der Waals surface area contributed by atoms with Gasteiger partial charge >= 0.3 is 0 Å². The first-order valence-electron chi connectivity index (χ1n) is 5.66. The first-order valence-corrected chi connectivity index (χ1v) is 5.66. The van der Waals surface area contributed by atoms with E-state index >= 15 is 0 Å². The molecule has 1 saturated carbocycles. The Morgan fingerprint density at radius 1 is 1.27 bits per heavy atom. The molecule has 0 spiro atoms. The Hall–Kier alpha value is -0.900. The molecule has 0 aromatic heterocycles. The van der Waals surface area contributed by atoms with Crippen LogP contribution in [0.2, 0.25) is 0 Å². The normalized spacial score (nSPS) is 29.7. The van der Waals surface area contributed by atoms with Crippen LogP contribution in [-0.4, -0.2) is 54.2 Å². The van der Waals surface area contributed by atoms with Crippen LogP contribution in [0.1, 0.15) is 25.7 Å². The fraction of sp³-hybridized carbons (Fsp3) is 0.818. The molecule has 1 aliphatic carbocycles. The highest BCUT2D eigenvalue weighted by Crippen LogP contribution is 2.21. The summed E-state index contributed by atoms with van der Waals surface area (Å²) in [6.07, 6.45) is 3.45. The maximum absolute atomic E-state index is 11.5. The van der Waals surface area contributed by atoms with Gasteiger partial charge in [-0.15, -0.1) is 0 Å². The van der Waals surface area contributed by atoms with Crippen LogP contribution in [0.4, 0.5) is 0 Å². The molecule has 1 unspecified atom stereocenters. The Balaban J connectivity index is 1.93. The highest BCUT2D eigenvalue weighted by molar-refractivity contribution is 5.81. The van der Waals surface area contributed by atoms with Crippen molar-refractivity contribution in [2.24, 2.45) is 0 Å². The van der Waals surface area contributed by atoms with Crippen LogP contribution in [0.3, 0.4) is 0 Å². The topological polar surface area (TPSA) is 40.6 Å². The van der Waals surface area contributed by atoms with Gasteiger partial charge in [0.2, 0.25) is 5.91 Å². The van der Waals surface area contributed by atoms with E-state index in [1.54, 1.807) is 4.90 Å². The first kappa shape index (κ1) is 10.6. The molecule has 1 aliphatic heterocycles. The van der Waals surface area contributed by atoms with E-state index in [2.05, 4.69) is 4.90 Å². The zero-order valence-electron chi connectivity index (χ0n) is 9.24. The zero-order chi connectivity index (χ0) is 10.8. The molecule has 4 nitrogen and oxygen atoms in total. The molecular weight excluding hydrogens is 192 g/mol. The minimum atomic E-state index is 0.180. The molecule has 1 atom stereocenters. The van der Waals surface area contributed by atoms with E-state index in [1.807, 2.05) is 7.05 Å². The number of piperazine rings is 1. The molecule has 0 bridgehead atoms. The second-order valence-electron chi connectivity index (χ2n) is 4.57. The van der Waals surface area contributed by atoms with Gasteiger partial charge in [-0.2, -0.15) is 0 Å². The Bertz CT molecular complexity index is 278. The average Bonchev–Trinajstić information content (AvgIpc) is 2.22. The van der Waals surface area contributed by atoms with E-state index in [0.29, 0.717) is 24.8 Å². The number of nitrogens with zero attached hydrogens (tertiary/aromatic N) is 2. The van der Waals surface area contributed by atoms with Crippen LogP contribution in [-0.2, 0) is 9.59 Å². The SMILES string of the molecule is CN1CCN(C2CCCC(=O)C2)CC1=O. The standard InChI is InChI=1S/C11H18N2O2/c1-12-5-6-13(8-11(12)15)9-3-2-4-10(14)7-9/h9H,2-8H2,1H3. The van der Waals surface area contributed by atoms with Gasteiger partial charge in [-0.1, -0.05) is 0 Å². The van der Waals surface area contributed by atoms with Gasteiger partial charge in [-0.25, -0.2) is 0 Å². The van der Waals surface area contributed by atoms with E-state index in [0.717, 1.165) is 32.4 Å². The van der Waals surface area contributed by atoms with Gasteiger partial charge in [0.25, 0.3) is 0 Å². The lowest BCUT2D eigenvalue weighted by Crippen LogP contribution is -2.53. The Kier molecular flexibility index (Phi) is 3.05. The van der Waals surface area contributed by atoms with E-state index in [1.165, 1.54) is 0 Å². The lowest BCUT2D eigenvalue weighted by Gasteiger charge is -2.38. The number of hydrogen-bond donors (Lipinski definition) is 0. The fourth-order valence-corrected chi connectivity index (χ4v) is 2.40. The van der Waals surface area contributed by atoms with Crippen molar-refractivity contribution < 1.29 is 9.59 Å². The molecule has 4 heteroatoms. The molecule has 0 aromatic rings. The monoisotopic (exact) mass is 210 g/mol. The highest BCUT2D eigenvalue weighted by atomic mass is 16.2. The van der Waals surface area contributed by atoms with Crippen molar-refractivity contribution in [2.75, 3.05) is 26.7 Å². The van der Waals surface area contributed by atoms with E-state index in [-0.39, 0.29) is 5.91 Å². The van der Waals surface area contributed by atoms with E-state index < -0.39 is 0 Å². The highest BCUT2D eigenvalue weighted by Gasteiger charge is 2.30. The Morgan fingerprint density at radius 2 is 2.07 bits per heavy atom. The average molecular weight is 210 g/mol. The van der Waals surface area contributed by atoms with Crippen LogP contribution in [0.5, 0.6) is 0 Å². The molecule has 1 amide bonds. The predicted molar refractivity (Wildman–Crippen MR) is 56.5 cm³/mol. The zero-order valence-corrected chi connectivity index (χ0v) is 9.24. The van der Waals surface area contributed by atoms with Gasteiger partial charge in [-0.3, -0.25) is 14.5 Å². The smallest absolute Gasteiger partial charge is 0.236 e. The number of Topliss-reactive ketones (excluding diaryl/α,β-unsaturated/α-hetero) is 1. The molecule has 2 aliphatic rings. The van der Waals surface area contributed by atoms with Crippen LogP contribution in [0.25, 0.3) is 0 Å². The molecule has 0 N–H and O–H groups in total. The minimum absolute atomic E-state index is 0.180. The molecule has 0 radical (unpaired) electrons. The molecule has 15 heavy (non-hydrogen) atoms. The number of likely N-dealkylation sites (N-methyl/N-ethyl adjacent to an activating group) is 1. The maximum Gasteiger partial charge on any atom is 0.236 e. The molecule has 0 aromatic carbocycles. The number of carbonyl (C=O) groups excluding carboxylic acids is 2. The number of amides is 1. The second kappa shape index (κ2) is 4.31. The predicted octanol–water partition coefficient (Wildman–Crippen LogP) is 0.272. The number of rotatable bonds is 1. The van der Waals surface area contributed by atoms with Crippen LogP contribution in [0, 0.1) is 0 Å². The van der Waals surface area contributed by atoms with Gasteiger partial charge in [0, 0.05) is 39.0 Å². The lowest BCUT2D eigenvalue weighted by atomic mass is 9.92. The molecule has 84 valence electrons. The fourth-order valence-electron chi connectivity index (χ4n) is 2.40. The summed E-state index contributed by atoms with van der Waals surface area (Å²) in [6, 6.07) is 0.323. The van der Waals surface area contributed by atoms with Crippen molar-refractivity contribution in [3.8, 4) is 0 Å². The number of carbonyl (C=O) groups is 2. The maximum atomic E-state index is 11.5. The third-order valence-electron chi connectivity index (χ3n) is 3.46. The van der Waals surface area contributed by atoms with E-state index in [4.69, 9.17) is 0 Å². The van der Waals surface area contributed by atoms with Gasteiger partial charge in [0.05, 0.1) is 6.54 Å². The van der Waals surface area contributed by atoms with Crippen molar-refractivity contribution in [1.82, 2.24) is 9.80 Å². The van der Waals surface area contributed by atoms with Gasteiger partial charge in [0.15, 0.2) is 0 Å². The summed E-state index contributed by atoms with van der Waals surface area (Å²) >= 11 is 0. The van der Waals surface area contributed by atoms with Crippen molar-refractivity contribution in [3.63, 3.8) is 0 Å². The van der Waals surface area contributed by atoms with Crippen LogP contribution in [0.15, 0.2) is 0 Å². The summed E-state index contributed by atoms with van der Waals surface area (Å²) in [5.41, 5.74) is 0. The summed E-state index contributed by atoms with van der Waals surface area (Å²) in [4.78, 5) is 26.8. The molecule has 2 rings (SSSR count). The van der Waals surface area contributed by atoms with Gasteiger partial charge in [-0.05, 0) is 12.8 Å². The van der Waals surface area contributed by atoms with E-state index in [9.17, 15) is 9.59 Å². The third-order valence-corrected chi connectivity index (χ3v) is 3.46. The summed E-state index contributed by atoms with van der Waals surface area (Å²) in [5, 5.41) is 0. The second-order valence-corrected chi connectivity index (χ2v) is 4.57. The Morgan fingerprint density at radius 3 is 2.73 bits per heavy atom. The number of ketones is 1. The van der Waals surface area contributed by atoms with Crippen LogP contribution >= 0.6 is 0 Å². The summed E-state index contributed by atoms with van der Waals surface area (Å²) < 4.78 is 0. The summed E-state index contributed by atoms with van der Waals surface area (Å²) in [7, 11) is 1.84. The van der Waals surface area contributed by atoms with Crippen molar-refractivity contribution in [3.05, 3.63) is 0 Å². The van der Waals surface area contributed by atoms with Gasteiger partial charge in [0.1, 0.15) is 5.78 Å². The summed E-state index contributed by atoms with van der Waals surface area (Å²) in [5.74, 6) is 0.539. The molecule has 1 saturated heterocycles. The lowest BCUT2D eigenvalue weighted by molar-refractivity contribution is -0.137. The summed E-state index contributed by atoms with van der Waals surface area (Å²) in [6.45, 7) is 2.21. The minimum Gasteiger partial charge on any atom is -0.343 e. The number of hydrogen-bond acceptors (Lipinski definition) is 3. The van der Waals surface area contributed by atoms with Crippen LogP contribution < -0.4 is 0 Å². The molecular formula is C11H18N2O2. The van der Waals surface area contributed by atoms with Crippen molar-refractivity contribution in [1.29, 1.82) is 0 Å². The largest absolute Gasteiger partial charge is 0.343 e. The third kappa shape index (κ3) is 2.37. The van der Waals surface area contributed by atoms with Crippen molar-refractivity contribution in [2.45, 2.75) is 31.7 Å². The first-order chi connectivity index (χ1) is 7.16.